The first kappa shape index (κ1) is 22.6. The summed E-state index contributed by atoms with van der Waals surface area (Å²) in [7, 11) is 1.60. The fraction of sp³-hybridized carbons (Fsp3) is 0.107. The van der Waals surface area contributed by atoms with Gasteiger partial charge in [-0.3, -0.25) is 14.5 Å². The molecule has 5 aromatic rings. The van der Waals surface area contributed by atoms with Gasteiger partial charge in [0.15, 0.2) is 10.9 Å². The van der Waals surface area contributed by atoms with Gasteiger partial charge in [-0.15, -0.1) is 0 Å². The highest BCUT2D eigenvalue weighted by Crippen LogP contribution is 2.37. The Morgan fingerprint density at radius 3 is 2.31 bits per heavy atom. The number of ether oxygens (including phenoxy) is 1. The molecule has 0 saturated heterocycles. The summed E-state index contributed by atoms with van der Waals surface area (Å²) in [5, 5.41) is 0.540. The van der Waals surface area contributed by atoms with Crippen LogP contribution in [0.3, 0.4) is 0 Å². The molecule has 0 spiro atoms. The van der Waals surface area contributed by atoms with Crippen molar-refractivity contribution in [3.63, 3.8) is 0 Å². The first-order chi connectivity index (χ1) is 17.0. The van der Waals surface area contributed by atoms with Gasteiger partial charge < -0.3 is 9.15 Å². The van der Waals surface area contributed by atoms with E-state index in [0.29, 0.717) is 38.8 Å². The van der Waals surface area contributed by atoms with Gasteiger partial charge in [0.05, 0.1) is 24.6 Å². The van der Waals surface area contributed by atoms with Crippen molar-refractivity contribution in [2.75, 3.05) is 12.0 Å². The third-order valence-corrected chi connectivity index (χ3v) is 6.93. The lowest BCUT2D eigenvalue weighted by Gasteiger charge is -2.19. The molecule has 35 heavy (non-hydrogen) atoms. The number of rotatable bonds is 7. The number of amides is 1. The lowest BCUT2D eigenvalue weighted by atomic mass is 10.0. The molecule has 5 rings (SSSR count). The third-order valence-electron chi connectivity index (χ3n) is 5.71. The maximum absolute atomic E-state index is 13.7. The summed E-state index contributed by atoms with van der Waals surface area (Å²) >= 11 is 1.43. The van der Waals surface area contributed by atoms with Gasteiger partial charge in [-0.1, -0.05) is 59.9 Å². The minimum absolute atomic E-state index is 0.0919. The number of carbonyl (C=O) groups excluding carboxylic acids is 2. The molecule has 7 heteroatoms. The molecule has 1 amide bonds. The van der Waals surface area contributed by atoms with Crippen molar-refractivity contribution >= 4 is 38.4 Å². The molecule has 0 saturated carbocycles. The molecule has 0 radical (unpaired) electrons. The Hall–Kier alpha value is -4.23. The van der Waals surface area contributed by atoms with Crippen molar-refractivity contribution in [3.8, 4) is 5.75 Å². The minimum Gasteiger partial charge on any atom is -0.494 e. The van der Waals surface area contributed by atoms with E-state index >= 15 is 0 Å². The normalized spacial score (nSPS) is 10.9. The first-order valence-corrected chi connectivity index (χ1v) is 11.8. The predicted molar refractivity (Wildman–Crippen MR) is 136 cm³/mol. The Kier molecular flexibility index (Phi) is 6.16. The second-order valence-corrected chi connectivity index (χ2v) is 8.98. The van der Waals surface area contributed by atoms with Crippen LogP contribution in [0.25, 0.3) is 10.2 Å². The minimum atomic E-state index is -0.240. The molecule has 0 aliphatic carbocycles. The van der Waals surface area contributed by atoms with E-state index in [0.717, 1.165) is 10.3 Å². The van der Waals surface area contributed by atoms with E-state index < -0.39 is 0 Å². The predicted octanol–water partition coefficient (Wildman–Crippen LogP) is 6.28. The summed E-state index contributed by atoms with van der Waals surface area (Å²) < 4.78 is 12.0. The van der Waals surface area contributed by atoms with Gasteiger partial charge in [-0.2, -0.15) is 0 Å². The molecule has 6 nitrogen and oxygen atoms in total. The van der Waals surface area contributed by atoms with Crippen molar-refractivity contribution in [2.24, 2.45) is 0 Å². The SMILES string of the molecule is COc1ccc(C)c2sc(N(Cc3ccco3)C(=O)c3ccc(C(=O)c4ccccc4)cc3)nc12. The fourth-order valence-corrected chi connectivity index (χ4v) is 4.89. The number of fused-ring (bicyclic) bond motifs is 1. The van der Waals surface area contributed by atoms with E-state index in [9.17, 15) is 9.59 Å². The second kappa shape index (κ2) is 9.56. The Morgan fingerprint density at radius 1 is 0.914 bits per heavy atom. The highest BCUT2D eigenvalue weighted by atomic mass is 32.1. The molecular weight excluding hydrogens is 460 g/mol. The van der Waals surface area contributed by atoms with Crippen molar-refractivity contribution in [1.82, 2.24) is 4.98 Å². The Balaban J connectivity index is 1.50. The summed E-state index contributed by atoms with van der Waals surface area (Å²) in [6.07, 6.45) is 1.58. The topological polar surface area (TPSA) is 72.6 Å². The van der Waals surface area contributed by atoms with E-state index in [-0.39, 0.29) is 18.2 Å². The van der Waals surface area contributed by atoms with Crippen molar-refractivity contribution in [2.45, 2.75) is 13.5 Å². The van der Waals surface area contributed by atoms with Crippen LogP contribution in [-0.4, -0.2) is 23.8 Å². The summed E-state index contributed by atoms with van der Waals surface area (Å²) in [4.78, 5) is 32.8. The van der Waals surface area contributed by atoms with Gasteiger partial charge in [0, 0.05) is 16.7 Å². The summed E-state index contributed by atoms with van der Waals surface area (Å²) in [6, 6.07) is 23.2. The number of aryl methyl sites for hydroxylation is 1. The molecule has 0 unspecified atom stereocenters. The first-order valence-electron chi connectivity index (χ1n) is 11.0. The number of anilines is 1. The number of furan rings is 1. The van der Waals surface area contributed by atoms with Crippen LogP contribution in [0.1, 0.15) is 37.6 Å². The number of methoxy groups -OCH3 is 1. The molecule has 0 aliphatic heterocycles. The summed E-state index contributed by atoms with van der Waals surface area (Å²) in [5.74, 6) is 0.959. The van der Waals surface area contributed by atoms with Gasteiger partial charge >= 0.3 is 0 Å². The van der Waals surface area contributed by atoms with Gasteiger partial charge in [0.2, 0.25) is 0 Å². The molecule has 2 aromatic heterocycles. The molecule has 0 N–H and O–H groups in total. The highest BCUT2D eigenvalue weighted by molar-refractivity contribution is 7.22. The highest BCUT2D eigenvalue weighted by Gasteiger charge is 2.24. The number of hydrogen-bond acceptors (Lipinski definition) is 6. The molecule has 0 fully saturated rings. The lowest BCUT2D eigenvalue weighted by Crippen LogP contribution is -2.30. The van der Waals surface area contributed by atoms with Gasteiger partial charge in [0.25, 0.3) is 5.91 Å². The zero-order valence-corrected chi connectivity index (χ0v) is 20.0. The van der Waals surface area contributed by atoms with E-state index in [1.54, 1.807) is 60.7 Å². The van der Waals surface area contributed by atoms with E-state index in [4.69, 9.17) is 14.1 Å². The molecule has 0 aliphatic rings. The van der Waals surface area contributed by atoms with E-state index in [1.807, 2.05) is 43.3 Å². The Morgan fingerprint density at radius 2 is 1.63 bits per heavy atom. The lowest BCUT2D eigenvalue weighted by molar-refractivity contribution is 0.0981. The van der Waals surface area contributed by atoms with Crippen LogP contribution in [0.5, 0.6) is 5.75 Å². The number of carbonyl (C=O) groups is 2. The summed E-state index contributed by atoms with van der Waals surface area (Å²) in [6.45, 7) is 2.22. The molecule has 0 bridgehead atoms. The largest absolute Gasteiger partial charge is 0.494 e. The molecule has 3 aromatic carbocycles. The smallest absolute Gasteiger partial charge is 0.260 e. The number of aromatic nitrogens is 1. The maximum atomic E-state index is 13.7. The van der Waals surface area contributed by atoms with Crippen LogP contribution < -0.4 is 9.64 Å². The molecule has 174 valence electrons. The van der Waals surface area contributed by atoms with Gasteiger partial charge in [0.1, 0.15) is 17.0 Å². The van der Waals surface area contributed by atoms with Crippen LogP contribution in [-0.2, 0) is 6.54 Å². The Labute approximate surface area is 206 Å². The van der Waals surface area contributed by atoms with Crippen LogP contribution in [0.15, 0.2) is 89.5 Å². The number of ketones is 1. The zero-order chi connectivity index (χ0) is 24.4. The zero-order valence-electron chi connectivity index (χ0n) is 19.2. The standard InChI is InChI=1S/C28H22N2O4S/c1-18-10-15-23(33-2)24-26(18)35-28(29-24)30(17-22-9-6-16-34-22)27(32)21-13-11-20(12-14-21)25(31)19-7-4-3-5-8-19/h3-16H,17H2,1-2H3. The number of benzene rings is 3. The van der Waals surface area contributed by atoms with Crippen LogP contribution in [0.4, 0.5) is 5.13 Å². The fourth-order valence-electron chi connectivity index (χ4n) is 3.84. The van der Waals surface area contributed by atoms with Gasteiger partial charge in [-0.05, 0) is 42.8 Å². The number of nitrogens with zero attached hydrogens (tertiary/aromatic N) is 2. The quantitative estimate of drug-likeness (QED) is 0.255. The van der Waals surface area contributed by atoms with Gasteiger partial charge in [-0.25, -0.2) is 4.98 Å². The maximum Gasteiger partial charge on any atom is 0.260 e. The average molecular weight is 483 g/mol. The third kappa shape index (κ3) is 4.46. The van der Waals surface area contributed by atoms with E-state index in [2.05, 4.69) is 0 Å². The van der Waals surface area contributed by atoms with Crippen LogP contribution in [0, 0.1) is 6.92 Å². The van der Waals surface area contributed by atoms with Crippen LogP contribution >= 0.6 is 11.3 Å². The van der Waals surface area contributed by atoms with Crippen LogP contribution in [0.2, 0.25) is 0 Å². The van der Waals surface area contributed by atoms with E-state index in [1.165, 1.54) is 11.3 Å². The van der Waals surface area contributed by atoms with Crippen molar-refractivity contribution < 1.29 is 18.7 Å². The molecule has 2 heterocycles. The molecular formula is C28H22N2O4S. The Bertz CT molecular complexity index is 1490. The number of thiazole rings is 1. The van der Waals surface area contributed by atoms with Crippen molar-refractivity contribution in [1.29, 1.82) is 0 Å². The molecule has 0 atom stereocenters. The van der Waals surface area contributed by atoms with Crippen molar-refractivity contribution in [3.05, 3.63) is 113 Å². The summed E-state index contributed by atoms with van der Waals surface area (Å²) in [5.41, 5.74) is 3.34. The number of hydrogen-bond donors (Lipinski definition) is 0. The average Bonchev–Trinajstić information content (AvgIpc) is 3.58. The monoisotopic (exact) mass is 482 g/mol. The second-order valence-electron chi connectivity index (χ2n) is 8.00.